The number of methoxy groups -OCH3 is 1. The van der Waals surface area contributed by atoms with Crippen LogP contribution >= 0.6 is 0 Å². The van der Waals surface area contributed by atoms with E-state index in [0.29, 0.717) is 0 Å². The molecule has 0 radical (unpaired) electrons. The molecule has 0 heterocycles. The van der Waals surface area contributed by atoms with Gasteiger partial charge in [0.05, 0.1) is 11.5 Å². The molecule has 0 aromatic heterocycles. The van der Waals surface area contributed by atoms with Gasteiger partial charge in [-0.3, -0.25) is 4.79 Å². The first-order chi connectivity index (χ1) is 9.58. The number of benzene rings is 1. The Balaban J connectivity index is 2.09. The molecule has 1 atom stereocenters. The van der Waals surface area contributed by atoms with Crippen LogP contribution < -0.4 is 0 Å². The number of rotatable bonds is 6. The molecule has 20 heavy (non-hydrogen) atoms. The van der Waals surface area contributed by atoms with E-state index in [-0.39, 0.29) is 6.10 Å². The molecule has 1 unspecified atom stereocenters. The summed E-state index contributed by atoms with van der Waals surface area (Å²) in [7, 11) is 1.73. The molecule has 1 N–H and O–H groups in total. The van der Waals surface area contributed by atoms with Crippen LogP contribution in [-0.4, -0.2) is 24.3 Å². The third kappa shape index (κ3) is 3.04. The summed E-state index contributed by atoms with van der Waals surface area (Å²) in [5, 5.41) is 9.58. The largest absolute Gasteiger partial charge is 0.481 e. The van der Waals surface area contributed by atoms with E-state index >= 15 is 0 Å². The summed E-state index contributed by atoms with van der Waals surface area (Å²) in [6.45, 7) is 2.06. The Morgan fingerprint density at radius 3 is 2.40 bits per heavy atom. The topological polar surface area (TPSA) is 46.5 Å². The number of ether oxygens (including phenoxy) is 1. The van der Waals surface area contributed by atoms with E-state index in [1.165, 1.54) is 5.56 Å². The average molecular weight is 276 g/mol. The zero-order valence-corrected chi connectivity index (χ0v) is 12.4. The van der Waals surface area contributed by atoms with E-state index < -0.39 is 11.4 Å². The van der Waals surface area contributed by atoms with Crippen LogP contribution in [0.2, 0.25) is 0 Å². The second-order valence-corrected chi connectivity index (χ2v) is 5.88. The highest BCUT2D eigenvalue weighted by atomic mass is 16.5. The number of carboxylic acids is 1. The minimum absolute atomic E-state index is 0.259. The number of aryl methyl sites for hydroxylation is 1. The predicted octanol–water partition coefficient (Wildman–Crippen LogP) is 3.55. The van der Waals surface area contributed by atoms with E-state index in [0.717, 1.165) is 44.1 Å². The standard InChI is InChI=1S/C17H24O3/c1-13(20-2)5-6-14-7-9-15(10-8-14)17(16(18)19)11-3-4-12-17/h7-10,13H,3-6,11-12H2,1-2H3,(H,18,19). The van der Waals surface area contributed by atoms with Crippen LogP contribution in [0.25, 0.3) is 0 Å². The van der Waals surface area contributed by atoms with Gasteiger partial charge in [-0.05, 0) is 43.7 Å². The van der Waals surface area contributed by atoms with Crippen molar-refractivity contribution in [2.75, 3.05) is 7.11 Å². The first-order valence-corrected chi connectivity index (χ1v) is 7.44. The summed E-state index contributed by atoms with van der Waals surface area (Å²) in [4.78, 5) is 11.6. The Labute approximate surface area is 121 Å². The Bertz CT molecular complexity index is 444. The smallest absolute Gasteiger partial charge is 0.314 e. The van der Waals surface area contributed by atoms with Gasteiger partial charge in [-0.1, -0.05) is 37.1 Å². The van der Waals surface area contributed by atoms with E-state index in [1.807, 2.05) is 12.1 Å². The number of hydrogen-bond acceptors (Lipinski definition) is 2. The third-order valence-corrected chi connectivity index (χ3v) is 4.61. The highest BCUT2D eigenvalue weighted by Gasteiger charge is 2.42. The fourth-order valence-electron chi connectivity index (χ4n) is 3.08. The maximum Gasteiger partial charge on any atom is 0.314 e. The van der Waals surface area contributed by atoms with E-state index in [4.69, 9.17) is 4.74 Å². The summed E-state index contributed by atoms with van der Waals surface area (Å²) in [6, 6.07) is 8.15. The third-order valence-electron chi connectivity index (χ3n) is 4.61. The summed E-state index contributed by atoms with van der Waals surface area (Å²) in [6.07, 6.45) is 5.77. The van der Waals surface area contributed by atoms with Crippen LogP contribution in [0, 0.1) is 0 Å². The minimum Gasteiger partial charge on any atom is -0.481 e. The molecule has 0 spiro atoms. The fraction of sp³-hybridized carbons (Fsp3) is 0.588. The van der Waals surface area contributed by atoms with Gasteiger partial charge in [-0.25, -0.2) is 0 Å². The van der Waals surface area contributed by atoms with Crippen molar-refractivity contribution in [3.63, 3.8) is 0 Å². The fourth-order valence-corrected chi connectivity index (χ4v) is 3.08. The van der Waals surface area contributed by atoms with Crippen molar-refractivity contribution in [2.24, 2.45) is 0 Å². The SMILES string of the molecule is COC(C)CCc1ccc(C2(C(=O)O)CCCC2)cc1. The molecule has 3 heteroatoms. The summed E-state index contributed by atoms with van der Waals surface area (Å²) < 4.78 is 5.25. The predicted molar refractivity (Wildman–Crippen MR) is 79.0 cm³/mol. The van der Waals surface area contributed by atoms with Gasteiger partial charge >= 0.3 is 5.97 Å². The molecular weight excluding hydrogens is 252 g/mol. The van der Waals surface area contributed by atoms with Crippen molar-refractivity contribution in [3.05, 3.63) is 35.4 Å². The minimum atomic E-state index is -0.671. The Kier molecular flexibility index (Phi) is 4.81. The van der Waals surface area contributed by atoms with Crippen molar-refractivity contribution in [2.45, 2.75) is 57.0 Å². The van der Waals surface area contributed by atoms with Crippen LogP contribution in [0.1, 0.15) is 50.2 Å². The van der Waals surface area contributed by atoms with Crippen LogP contribution in [0.4, 0.5) is 0 Å². The zero-order chi connectivity index (χ0) is 14.6. The summed E-state index contributed by atoms with van der Waals surface area (Å²) in [5.41, 5.74) is 1.57. The van der Waals surface area contributed by atoms with Gasteiger partial charge < -0.3 is 9.84 Å². The molecule has 1 fully saturated rings. The molecule has 110 valence electrons. The first kappa shape index (κ1) is 15.0. The lowest BCUT2D eigenvalue weighted by Gasteiger charge is -2.24. The Morgan fingerprint density at radius 1 is 1.30 bits per heavy atom. The lowest BCUT2D eigenvalue weighted by Crippen LogP contribution is -2.32. The lowest BCUT2D eigenvalue weighted by molar-refractivity contribution is -0.143. The average Bonchev–Trinajstić information content (AvgIpc) is 2.96. The van der Waals surface area contributed by atoms with Crippen molar-refractivity contribution in [1.29, 1.82) is 0 Å². The molecule has 1 aliphatic rings. The van der Waals surface area contributed by atoms with Gasteiger partial charge in [0.25, 0.3) is 0 Å². The van der Waals surface area contributed by atoms with Crippen LogP contribution in [0.5, 0.6) is 0 Å². The van der Waals surface area contributed by atoms with Gasteiger partial charge in [-0.2, -0.15) is 0 Å². The van der Waals surface area contributed by atoms with Gasteiger partial charge in [0.1, 0.15) is 0 Å². The molecule has 1 aromatic rings. The van der Waals surface area contributed by atoms with Crippen molar-refractivity contribution in [3.8, 4) is 0 Å². The lowest BCUT2D eigenvalue weighted by atomic mass is 9.78. The van der Waals surface area contributed by atoms with Gasteiger partial charge in [0, 0.05) is 7.11 Å². The quantitative estimate of drug-likeness (QED) is 0.864. The number of aliphatic carboxylic acids is 1. The van der Waals surface area contributed by atoms with Gasteiger partial charge in [0.15, 0.2) is 0 Å². The second-order valence-electron chi connectivity index (χ2n) is 5.88. The van der Waals surface area contributed by atoms with Gasteiger partial charge in [0.2, 0.25) is 0 Å². The van der Waals surface area contributed by atoms with E-state index in [1.54, 1.807) is 7.11 Å². The van der Waals surface area contributed by atoms with E-state index in [9.17, 15) is 9.90 Å². The van der Waals surface area contributed by atoms with Crippen molar-refractivity contribution in [1.82, 2.24) is 0 Å². The van der Waals surface area contributed by atoms with E-state index in [2.05, 4.69) is 19.1 Å². The maximum absolute atomic E-state index is 11.6. The van der Waals surface area contributed by atoms with Crippen molar-refractivity contribution < 1.29 is 14.6 Å². The van der Waals surface area contributed by atoms with Crippen molar-refractivity contribution >= 4 is 5.97 Å². The highest BCUT2D eigenvalue weighted by Crippen LogP contribution is 2.41. The molecule has 0 saturated heterocycles. The number of carboxylic acid groups (broad SMARTS) is 1. The van der Waals surface area contributed by atoms with Crippen LogP contribution in [-0.2, 0) is 21.4 Å². The Morgan fingerprint density at radius 2 is 1.90 bits per heavy atom. The molecule has 0 aliphatic heterocycles. The summed E-state index contributed by atoms with van der Waals surface area (Å²) in [5.74, 6) is -0.671. The van der Waals surface area contributed by atoms with Crippen LogP contribution in [0.15, 0.2) is 24.3 Å². The second kappa shape index (κ2) is 6.40. The molecule has 3 nitrogen and oxygen atoms in total. The Hall–Kier alpha value is -1.35. The molecule has 2 rings (SSSR count). The number of hydrogen-bond donors (Lipinski definition) is 1. The molecule has 1 aliphatic carbocycles. The monoisotopic (exact) mass is 276 g/mol. The molecule has 1 saturated carbocycles. The molecule has 0 bridgehead atoms. The van der Waals surface area contributed by atoms with Crippen LogP contribution in [0.3, 0.4) is 0 Å². The highest BCUT2D eigenvalue weighted by molar-refractivity contribution is 5.81. The first-order valence-electron chi connectivity index (χ1n) is 7.44. The normalized spacial score (nSPS) is 18.9. The number of carbonyl (C=O) groups is 1. The zero-order valence-electron chi connectivity index (χ0n) is 12.4. The summed E-state index contributed by atoms with van der Waals surface area (Å²) >= 11 is 0. The van der Waals surface area contributed by atoms with Gasteiger partial charge in [-0.15, -0.1) is 0 Å². The molecule has 0 amide bonds. The maximum atomic E-state index is 11.6. The molecular formula is C17H24O3. The molecule has 1 aromatic carbocycles.